The molecular formula is C15H20N6O3S. The van der Waals surface area contributed by atoms with E-state index in [4.69, 9.17) is 9.47 Å². The summed E-state index contributed by atoms with van der Waals surface area (Å²) in [5.74, 6) is 1.99. The van der Waals surface area contributed by atoms with Crippen LogP contribution in [0.4, 0.5) is 0 Å². The second-order valence-corrected chi connectivity index (χ2v) is 6.77. The van der Waals surface area contributed by atoms with Gasteiger partial charge in [-0.15, -0.1) is 5.10 Å². The molecule has 9 nitrogen and oxygen atoms in total. The van der Waals surface area contributed by atoms with Gasteiger partial charge in [0.1, 0.15) is 6.04 Å². The number of aryl methyl sites for hydroxylation is 1. The van der Waals surface area contributed by atoms with Crippen LogP contribution < -0.4 is 14.8 Å². The van der Waals surface area contributed by atoms with Gasteiger partial charge in [0.25, 0.3) is 0 Å². The number of nitrogens with zero attached hydrogens (tertiary/aromatic N) is 5. The fraction of sp³-hybridized carbons (Fsp3) is 0.467. The van der Waals surface area contributed by atoms with Crippen molar-refractivity contribution in [2.45, 2.75) is 11.2 Å². The van der Waals surface area contributed by atoms with Gasteiger partial charge in [-0.05, 0) is 42.2 Å². The van der Waals surface area contributed by atoms with Gasteiger partial charge in [-0.2, -0.15) is 0 Å². The molecule has 1 aliphatic rings. The number of aromatic nitrogens is 4. The van der Waals surface area contributed by atoms with Crippen LogP contribution in [0.5, 0.6) is 11.5 Å². The van der Waals surface area contributed by atoms with Crippen molar-refractivity contribution in [3.8, 4) is 11.5 Å². The summed E-state index contributed by atoms with van der Waals surface area (Å²) in [5, 5.41) is 14.9. The van der Waals surface area contributed by atoms with Gasteiger partial charge < -0.3 is 14.8 Å². The molecule has 1 aromatic heterocycles. The zero-order chi connectivity index (χ0) is 17.8. The van der Waals surface area contributed by atoms with Crippen molar-refractivity contribution in [2.75, 3.05) is 33.2 Å². The van der Waals surface area contributed by atoms with Crippen molar-refractivity contribution in [1.29, 1.82) is 0 Å². The lowest BCUT2D eigenvalue weighted by Crippen LogP contribution is -2.38. The summed E-state index contributed by atoms with van der Waals surface area (Å²) >= 11 is 1.49. The van der Waals surface area contributed by atoms with E-state index in [1.54, 1.807) is 11.7 Å². The minimum absolute atomic E-state index is 0.0689. The fourth-order valence-corrected chi connectivity index (χ4v) is 3.23. The van der Waals surface area contributed by atoms with Crippen molar-refractivity contribution < 1.29 is 14.3 Å². The minimum atomic E-state index is -0.406. The maximum absolute atomic E-state index is 12.6. The third kappa shape index (κ3) is 4.02. The predicted octanol–water partition coefficient (Wildman–Crippen LogP) is 0.450. The smallest absolute Gasteiger partial charge is 0.241 e. The Balaban J connectivity index is 1.58. The Bertz CT molecular complexity index is 751. The van der Waals surface area contributed by atoms with E-state index in [-0.39, 0.29) is 12.7 Å². The molecule has 10 heteroatoms. The second kappa shape index (κ2) is 7.70. The van der Waals surface area contributed by atoms with E-state index >= 15 is 0 Å². The molecule has 1 N–H and O–H groups in total. The summed E-state index contributed by atoms with van der Waals surface area (Å²) in [6, 6.07) is 5.17. The number of fused-ring (bicyclic) bond motifs is 1. The SMILES string of the molecule is CN(C)C(C(=O)NCCSc1nnnn1C)c1ccc2c(c1)OCO2. The highest BCUT2D eigenvalue weighted by atomic mass is 32.2. The molecule has 134 valence electrons. The summed E-state index contributed by atoms with van der Waals surface area (Å²) in [6.07, 6.45) is 0. The zero-order valence-electron chi connectivity index (χ0n) is 14.3. The second-order valence-electron chi connectivity index (χ2n) is 5.70. The standard InChI is InChI=1S/C15H20N6O3S/c1-20(2)13(10-4-5-11-12(8-10)24-9-23-11)14(22)16-6-7-25-15-17-18-19-21(15)3/h4-5,8,13H,6-7,9H2,1-3H3,(H,16,22). The number of thioether (sulfide) groups is 1. The van der Waals surface area contributed by atoms with Crippen molar-refractivity contribution in [1.82, 2.24) is 30.4 Å². The van der Waals surface area contributed by atoms with Crippen LogP contribution >= 0.6 is 11.8 Å². The van der Waals surface area contributed by atoms with Crippen molar-refractivity contribution in [3.63, 3.8) is 0 Å². The lowest BCUT2D eigenvalue weighted by Gasteiger charge is -2.24. The number of likely N-dealkylation sites (N-methyl/N-ethyl adjacent to an activating group) is 1. The van der Waals surface area contributed by atoms with Gasteiger partial charge in [0.05, 0.1) is 0 Å². The molecule has 2 heterocycles. The van der Waals surface area contributed by atoms with Gasteiger partial charge in [0.2, 0.25) is 17.9 Å². The number of nitrogens with one attached hydrogen (secondary N) is 1. The molecule has 1 aliphatic heterocycles. The van der Waals surface area contributed by atoms with E-state index in [0.29, 0.717) is 29.0 Å². The van der Waals surface area contributed by atoms with Crippen LogP contribution in [0.1, 0.15) is 11.6 Å². The molecule has 0 bridgehead atoms. The molecule has 2 aromatic rings. The van der Waals surface area contributed by atoms with Crippen LogP contribution in [-0.4, -0.2) is 64.2 Å². The monoisotopic (exact) mass is 364 g/mol. The number of amides is 1. The minimum Gasteiger partial charge on any atom is -0.454 e. The molecule has 0 aliphatic carbocycles. The van der Waals surface area contributed by atoms with E-state index < -0.39 is 6.04 Å². The first-order valence-electron chi connectivity index (χ1n) is 7.75. The Morgan fingerprint density at radius 3 is 2.92 bits per heavy atom. The largest absolute Gasteiger partial charge is 0.454 e. The highest BCUT2D eigenvalue weighted by Gasteiger charge is 2.25. The Morgan fingerprint density at radius 2 is 2.20 bits per heavy atom. The molecule has 0 spiro atoms. The summed E-state index contributed by atoms with van der Waals surface area (Å²) < 4.78 is 12.3. The molecule has 25 heavy (non-hydrogen) atoms. The lowest BCUT2D eigenvalue weighted by atomic mass is 10.0. The van der Waals surface area contributed by atoms with Gasteiger partial charge in [0, 0.05) is 19.3 Å². The summed E-state index contributed by atoms with van der Waals surface area (Å²) in [7, 11) is 5.52. The summed E-state index contributed by atoms with van der Waals surface area (Å²) in [5.41, 5.74) is 0.858. The molecule has 0 saturated carbocycles. The van der Waals surface area contributed by atoms with Crippen LogP contribution in [0.2, 0.25) is 0 Å². The van der Waals surface area contributed by atoms with Gasteiger partial charge in [-0.25, -0.2) is 4.68 Å². The predicted molar refractivity (Wildman–Crippen MR) is 91.5 cm³/mol. The molecule has 0 radical (unpaired) electrons. The first-order chi connectivity index (χ1) is 12.1. The van der Waals surface area contributed by atoms with Gasteiger partial charge in [-0.3, -0.25) is 9.69 Å². The number of rotatable bonds is 7. The lowest BCUT2D eigenvalue weighted by molar-refractivity contribution is -0.125. The molecule has 0 saturated heterocycles. The Morgan fingerprint density at radius 1 is 1.40 bits per heavy atom. The van der Waals surface area contributed by atoms with Gasteiger partial charge in [-0.1, -0.05) is 17.8 Å². The Kier molecular flexibility index (Phi) is 5.39. The maximum atomic E-state index is 12.6. The first-order valence-corrected chi connectivity index (χ1v) is 8.73. The van der Waals surface area contributed by atoms with Crippen LogP contribution in [-0.2, 0) is 11.8 Å². The molecule has 1 aromatic carbocycles. The van der Waals surface area contributed by atoms with Crippen molar-refractivity contribution in [3.05, 3.63) is 23.8 Å². The molecule has 1 atom stereocenters. The van der Waals surface area contributed by atoms with Crippen molar-refractivity contribution >= 4 is 17.7 Å². The van der Waals surface area contributed by atoms with Crippen LogP contribution in [0.25, 0.3) is 0 Å². The summed E-state index contributed by atoms with van der Waals surface area (Å²) in [6.45, 7) is 0.733. The van der Waals surface area contributed by atoms with Gasteiger partial charge >= 0.3 is 0 Å². The zero-order valence-corrected chi connectivity index (χ0v) is 15.1. The van der Waals surface area contributed by atoms with E-state index in [1.807, 2.05) is 37.2 Å². The number of benzene rings is 1. The quantitative estimate of drug-likeness (QED) is 0.559. The Hall–Kier alpha value is -2.33. The van der Waals surface area contributed by atoms with Crippen LogP contribution in [0.15, 0.2) is 23.4 Å². The number of tetrazole rings is 1. The molecule has 1 amide bonds. The Labute approximate surface area is 149 Å². The fourth-order valence-electron chi connectivity index (χ4n) is 2.52. The molecule has 1 unspecified atom stereocenters. The highest BCUT2D eigenvalue weighted by molar-refractivity contribution is 7.99. The normalized spacial score (nSPS) is 13.9. The van der Waals surface area contributed by atoms with Crippen LogP contribution in [0, 0.1) is 0 Å². The molecule has 3 rings (SSSR count). The third-order valence-electron chi connectivity index (χ3n) is 3.69. The molecular weight excluding hydrogens is 344 g/mol. The van der Waals surface area contributed by atoms with E-state index in [1.165, 1.54) is 11.8 Å². The average Bonchev–Trinajstić information content (AvgIpc) is 3.20. The third-order valence-corrected chi connectivity index (χ3v) is 4.70. The number of ether oxygens (including phenoxy) is 2. The number of hydrogen-bond donors (Lipinski definition) is 1. The van der Waals surface area contributed by atoms with Crippen molar-refractivity contribution in [2.24, 2.45) is 7.05 Å². The first kappa shape index (κ1) is 17.5. The maximum Gasteiger partial charge on any atom is 0.241 e. The highest BCUT2D eigenvalue weighted by Crippen LogP contribution is 2.35. The van der Waals surface area contributed by atoms with E-state index in [9.17, 15) is 4.79 Å². The molecule has 0 fully saturated rings. The summed E-state index contributed by atoms with van der Waals surface area (Å²) in [4.78, 5) is 14.5. The van der Waals surface area contributed by atoms with E-state index in [0.717, 1.165) is 5.56 Å². The average molecular weight is 364 g/mol. The number of carbonyl (C=O) groups is 1. The van der Waals surface area contributed by atoms with Gasteiger partial charge in [0.15, 0.2) is 11.5 Å². The van der Waals surface area contributed by atoms with Crippen LogP contribution in [0.3, 0.4) is 0 Å². The number of carbonyl (C=O) groups excluding carboxylic acids is 1. The topological polar surface area (TPSA) is 94.4 Å². The van der Waals surface area contributed by atoms with E-state index in [2.05, 4.69) is 20.8 Å². The number of hydrogen-bond acceptors (Lipinski definition) is 8.